The highest BCUT2D eigenvalue weighted by Crippen LogP contribution is 2.34. The molecule has 3 heterocycles. The van der Waals surface area contributed by atoms with Gasteiger partial charge in [0.05, 0.1) is 42.1 Å². The first-order valence-corrected chi connectivity index (χ1v) is 10.7. The summed E-state index contributed by atoms with van der Waals surface area (Å²) in [5.41, 5.74) is 11.2. The average Bonchev–Trinajstić information content (AvgIpc) is 3.10. The van der Waals surface area contributed by atoms with Crippen molar-refractivity contribution in [3.8, 4) is 11.4 Å². The summed E-state index contributed by atoms with van der Waals surface area (Å²) in [6.07, 6.45) is 0.0324. The Hall–Kier alpha value is -3.23. The number of hydrogen-bond donors (Lipinski definition) is 3. The molecule has 8 nitrogen and oxygen atoms in total. The summed E-state index contributed by atoms with van der Waals surface area (Å²) in [5.74, 6) is -1.95. The van der Waals surface area contributed by atoms with Crippen LogP contribution in [0.1, 0.15) is 30.0 Å². The van der Waals surface area contributed by atoms with Crippen molar-refractivity contribution in [3.05, 3.63) is 57.4 Å². The number of anilines is 1. The number of rotatable bonds is 8. The zero-order chi connectivity index (χ0) is 23.0. The maximum absolute atomic E-state index is 13.4. The number of aliphatic carboxylic acids is 1. The fourth-order valence-corrected chi connectivity index (χ4v) is 4.44. The molecule has 1 aliphatic rings. The van der Waals surface area contributed by atoms with Gasteiger partial charge < -0.3 is 25.3 Å². The van der Waals surface area contributed by atoms with E-state index in [0.717, 1.165) is 33.4 Å². The number of pyridine rings is 2. The van der Waals surface area contributed by atoms with Gasteiger partial charge in [0.2, 0.25) is 0 Å². The van der Waals surface area contributed by atoms with Crippen molar-refractivity contribution in [1.82, 2.24) is 9.55 Å². The number of nitrogen functional groups attached to an aromatic ring is 1. The molecule has 0 saturated heterocycles. The minimum atomic E-state index is -1.05. The van der Waals surface area contributed by atoms with Crippen molar-refractivity contribution >= 4 is 22.6 Å². The van der Waals surface area contributed by atoms with Crippen molar-refractivity contribution in [2.45, 2.75) is 38.8 Å². The standard InChI is InChI=1S/C24H27N3O5/c1-13(28)16(24(30)31)7-6-14-11-21-22-15(10-18-19(25)4-3-5-20(18)26-22)12-27(21)23(29)17(14)8-9-32-2/h3-5,10-11,13,16,28H,6-9,12,25H2,1-2H3,(H,30,31). The number of nitrogens with zero attached hydrogens (tertiary/aromatic N) is 2. The number of aromatic nitrogens is 2. The number of aryl methyl sites for hydroxylation is 1. The predicted octanol–water partition coefficient (Wildman–Crippen LogP) is 2.21. The van der Waals surface area contributed by atoms with Crippen molar-refractivity contribution in [3.63, 3.8) is 0 Å². The number of aliphatic hydroxyl groups excluding tert-OH is 1. The monoisotopic (exact) mass is 437 g/mol. The van der Waals surface area contributed by atoms with E-state index in [4.69, 9.17) is 15.5 Å². The van der Waals surface area contributed by atoms with E-state index in [2.05, 4.69) is 0 Å². The number of benzene rings is 1. The van der Waals surface area contributed by atoms with Crippen LogP contribution in [0.25, 0.3) is 22.3 Å². The van der Waals surface area contributed by atoms with Crippen molar-refractivity contribution in [2.24, 2.45) is 5.92 Å². The Labute approximate surface area is 185 Å². The number of hydrogen-bond acceptors (Lipinski definition) is 6. The van der Waals surface area contributed by atoms with E-state index in [-0.39, 0.29) is 12.0 Å². The molecule has 4 N–H and O–H groups in total. The quantitative estimate of drug-likeness (QED) is 0.361. The van der Waals surface area contributed by atoms with Crippen LogP contribution in [0.4, 0.5) is 5.69 Å². The van der Waals surface area contributed by atoms with Gasteiger partial charge in [0.1, 0.15) is 0 Å². The third kappa shape index (κ3) is 3.87. The van der Waals surface area contributed by atoms with Gasteiger partial charge >= 0.3 is 5.97 Å². The molecule has 8 heteroatoms. The second-order valence-electron chi connectivity index (χ2n) is 8.30. The van der Waals surface area contributed by atoms with E-state index in [1.807, 2.05) is 30.3 Å². The smallest absolute Gasteiger partial charge is 0.309 e. The summed E-state index contributed by atoms with van der Waals surface area (Å²) in [6.45, 7) is 2.26. The second kappa shape index (κ2) is 8.72. The molecule has 2 atom stereocenters. The first-order valence-electron chi connectivity index (χ1n) is 10.7. The molecule has 0 saturated carbocycles. The normalized spacial score (nSPS) is 14.2. The van der Waals surface area contributed by atoms with Gasteiger partial charge in [-0.15, -0.1) is 0 Å². The van der Waals surface area contributed by atoms with Gasteiger partial charge in [-0.05, 0) is 49.6 Å². The van der Waals surface area contributed by atoms with E-state index in [9.17, 15) is 19.8 Å². The Morgan fingerprint density at radius 3 is 2.78 bits per heavy atom. The molecule has 0 spiro atoms. The highest BCUT2D eigenvalue weighted by Gasteiger charge is 2.27. The fraction of sp³-hybridized carbons (Fsp3) is 0.375. The van der Waals surface area contributed by atoms with Crippen LogP contribution in [-0.2, 0) is 28.9 Å². The number of nitrogens with two attached hydrogens (primary N) is 1. The number of ether oxygens (including phenoxy) is 1. The molecule has 3 aromatic rings. The lowest BCUT2D eigenvalue weighted by Gasteiger charge is -2.17. The van der Waals surface area contributed by atoms with Gasteiger partial charge in [-0.3, -0.25) is 9.59 Å². The molecular weight excluding hydrogens is 410 g/mol. The molecule has 1 aliphatic heterocycles. The van der Waals surface area contributed by atoms with Crippen molar-refractivity contribution in [1.29, 1.82) is 0 Å². The van der Waals surface area contributed by atoms with Crippen LogP contribution >= 0.6 is 0 Å². The van der Waals surface area contributed by atoms with Crippen LogP contribution in [0.2, 0.25) is 0 Å². The van der Waals surface area contributed by atoms with Gasteiger partial charge in [0.15, 0.2) is 0 Å². The van der Waals surface area contributed by atoms with Gasteiger partial charge in [-0.1, -0.05) is 6.07 Å². The predicted molar refractivity (Wildman–Crippen MR) is 122 cm³/mol. The zero-order valence-corrected chi connectivity index (χ0v) is 18.2. The zero-order valence-electron chi connectivity index (χ0n) is 18.2. The summed E-state index contributed by atoms with van der Waals surface area (Å²) < 4.78 is 6.91. The Morgan fingerprint density at radius 2 is 2.09 bits per heavy atom. The number of carboxylic acids is 1. The highest BCUT2D eigenvalue weighted by molar-refractivity contribution is 5.93. The second-order valence-corrected chi connectivity index (χ2v) is 8.30. The summed E-state index contributed by atoms with van der Waals surface area (Å²) in [4.78, 5) is 29.7. The van der Waals surface area contributed by atoms with Crippen molar-refractivity contribution < 1.29 is 19.7 Å². The Morgan fingerprint density at radius 1 is 1.31 bits per heavy atom. The summed E-state index contributed by atoms with van der Waals surface area (Å²) >= 11 is 0. The molecular formula is C24H27N3O5. The van der Waals surface area contributed by atoms with Gasteiger partial charge in [-0.25, -0.2) is 4.98 Å². The third-order valence-electron chi connectivity index (χ3n) is 6.22. The Balaban J connectivity index is 1.80. The molecule has 2 unspecified atom stereocenters. The lowest BCUT2D eigenvalue weighted by Crippen LogP contribution is -2.28. The van der Waals surface area contributed by atoms with Gasteiger partial charge in [-0.2, -0.15) is 0 Å². The number of aliphatic hydroxyl groups is 1. The van der Waals surface area contributed by atoms with E-state index >= 15 is 0 Å². The molecule has 32 heavy (non-hydrogen) atoms. The first kappa shape index (κ1) is 22.0. The van der Waals surface area contributed by atoms with E-state index in [0.29, 0.717) is 37.2 Å². The van der Waals surface area contributed by atoms with Crippen LogP contribution in [0.15, 0.2) is 35.1 Å². The molecule has 0 amide bonds. The number of fused-ring (bicyclic) bond motifs is 4. The highest BCUT2D eigenvalue weighted by atomic mass is 16.5. The lowest BCUT2D eigenvalue weighted by molar-refractivity contribution is -0.145. The molecule has 0 bridgehead atoms. The van der Waals surface area contributed by atoms with Gasteiger partial charge in [0, 0.05) is 35.7 Å². The average molecular weight is 437 g/mol. The number of carbonyl (C=O) groups is 1. The molecule has 168 valence electrons. The van der Waals surface area contributed by atoms with Crippen molar-refractivity contribution in [2.75, 3.05) is 19.5 Å². The molecule has 2 aromatic heterocycles. The van der Waals surface area contributed by atoms with Crippen LogP contribution in [0.5, 0.6) is 0 Å². The van der Waals surface area contributed by atoms with Crippen LogP contribution in [0, 0.1) is 5.92 Å². The Bertz CT molecular complexity index is 1250. The fourth-order valence-electron chi connectivity index (χ4n) is 4.44. The third-order valence-corrected chi connectivity index (χ3v) is 6.22. The minimum Gasteiger partial charge on any atom is -0.481 e. The van der Waals surface area contributed by atoms with Crippen LogP contribution in [0.3, 0.4) is 0 Å². The minimum absolute atomic E-state index is 0.117. The van der Waals surface area contributed by atoms with Crippen LogP contribution in [-0.4, -0.2) is 45.6 Å². The van der Waals surface area contributed by atoms with E-state index in [1.165, 1.54) is 6.92 Å². The number of methoxy groups -OCH3 is 1. The largest absolute Gasteiger partial charge is 0.481 e. The SMILES string of the molecule is COCCc1c(CCC(C(=O)O)C(C)O)cc2n(c1=O)Cc1cc3c(N)cccc3nc1-2. The summed E-state index contributed by atoms with van der Waals surface area (Å²) in [7, 11) is 1.58. The molecule has 0 radical (unpaired) electrons. The molecule has 1 aromatic carbocycles. The lowest BCUT2D eigenvalue weighted by atomic mass is 9.92. The summed E-state index contributed by atoms with van der Waals surface area (Å²) in [6, 6.07) is 9.49. The van der Waals surface area contributed by atoms with E-state index in [1.54, 1.807) is 11.7 Å². The maximum Gasteiger partial charge on any atom is 0.309 e. The van der Waals surface area contributed by atoms with E-state index < -0.39 is 18.0 Å². The van der Waals surface area contributed by atoms with Gasteiger partial charge in [0.25, 0.3) is 5.56 Å². The molecule has 0 aliphatic carbocycles. The summed E-state index contributed by atoms with van der Waals surface area (Å²) in [5, 5.41) is 20.1. The van der Waals surface area contributed by atoms with Crippen LogP contribution < -0.4 is 11.3 Å². The molecule has 4 rings (SSSR count). The maximum atomic E-state index is 13.4. The topological polar surface area (TPSA) is 128 Å². The number of carboxylic acid groups (broad SMARTS) is 1. The molecule has 0 fully saturated rings. The Kier molecular flexibility index (Phi) is 5.99. The first-order chi connectivity index (χ1) is 15.3.